The molecule has 5 heteroatoms. The summed E-state index contributed by atoms with van der Waals surface area (Å²) in [6.07, 6.45) is 2.69. The zero-order valence-corrected chi connectivity index (χ0v) is 13.4. The van der Waals surface area contributed by atoms with E-state index >= 15 is 0 Å². The minimum atomic E-state index is -0.318. The first-order valence-electron chi connectivity index (χ1n) is 7.52. The van der Waals surface area contributed by atoms with Crippen LogP contribution in [0.4, 0.5) is 5.69 Å². The van der Waals surface area contributed by atoms with Crippen molar-refractivity contribution in [3.63, 3.8) is 0 Å². The lowest BCUT2D eigenvalue weighted by atomic mass is 9.96. The van der Waals surface area contributed by atoms with Gasteiger partial charge in [0.2, 0.25) is 0 Å². The van der Waals surface area contributed by atoms with E-state index < -0.39 is 0 Å². The molecule has 21 heavy (non-hydrogen) atoms. The summed E-state index contributed by atoms with van der Waals surface area (Å²) in [4.78, 5) is 10.9. The average molecular weight is 294 g/mol. The van der Waals surface area contributed by atoms with E-state index in [1.165, 1.54) is 6.07 Å². The van der Waals surface area contributed by atoms with Crippen molar-refractivity contribution in [1.82, 2.24) is 5.32 Å². The van der Waals surface area contributed by atoms with Crippen LogP contribution >= 0.6 is 0 Å². The van der Waals surface area contributed by atoms with Gasteiger partial charge in [0, 0.05) is 17.7 Å². The predicted molar refractivity (Wildman–Crippen MR) is 84.9 cm³/mol. The standard InChI is InChI=1S/C16H26N2O3/c1-5-8-17-14(9-12(2)3)10-13-11-15(21-4)6-7-16(13)18(19)20/h6-7,11-12,14,17H,5,8-10H2,1-4H3. The molecule has 0 aliphatic rings. The van der Waals surface area contributed by atoms with E-state index in [-0.39, 0.29) is 16.7 Å². The first-order valence-corrected chi connectivity index (χ1v) is 7.52. The lowest BCUT2D eigenvalue weighted by Crippen LogP contribution is -2.33. The van der Waals surface area contributed by atoms with Crippen LogP contribution in [-0.2, 0) is 6.42 Å². The summed E-state index contributed by atoms with van der Waals surface area (Å²) in [5.41, 5.74) is 0.899. The normalized spacial score (nSPS) is 12.4. The van der Waals surface area contributed by atoms with Gasteiger partial charge in [0.1, 0.15) is 5.75 Å². The second kappa shape index (κ2) is 8.62. The Morgan fingerprint density at radius 2 is 2.10 bits per heavy atom. The molecule has 1 aromatic carbocycles. The number of hydrogen-bond acceptors (Lipinski definition) is 4. The van der Waals surface area contributed by atoms with E-state index in [0.717, 1.165) is 24.9 Å². The molecule has 1 aromatic rings. The molecule has 0 heterocycles. The Balaban J connectivity index is 2.96. The highest BCUT2D eigenvalue weighted by Crippen LogP contribution is 2.26. The van der Waals surface area contributed by atoms with Crippen LogP contribution in [0.5, 0.6) is 5.75 Å². The van der Waals surface area contributed by atoms with Crippen LogP contribution in [0.15, 0.2) is 18.2 Å². The summed E-state index contributed by atoms with van der Waals surface area (Å²) in [6.45, 7) is 7.38. The maximum absolute atomic E-state index is 11.2. The molecule has 1 unspecified atom stereocenters. The third-order valence-electron chi connectivity index (χ3n) is 3.39. The first kappa shape index (κ1) is 17.4. The Morgan fingerprint density at radius 3 is 2.62 bits per heavy atom. The van der Waals surface area contributed by atoms with E-state index in [1.807, 2.05) is 0 Å². The van der Waals surface area contributed by atoms with Crippen molar-refractivity contribution in [1.29, 1.82) is 0 Å². The van der Waals surface area contributed by atoms with Crippen molar-refractivity contribution in [3.8, 4) is 5.75 Å². The predicted octanol–water partition coefficient (Wildman–Crippen LogP) is 3.56. The molecule has 0 radical (unpaired) electrons. The summed E-state index contributed by atoms with van der Waals surface area (Å²) in [5, 5.41) is 14.7. The molecule has 5 nitrogen and oxygen atoms in total. The molecule has 1 atom stereocenters. The van der Waals surface area contributed by atoms with Crippen LogP contribution in [0.3, 0.4) is 0 Å². The van der Waals surface area contributed by atoms with Gasteiger partial charge in [-0.25, -0.2) is 0 Å². The average Bonchev–Trinajstić information content (AvgIpc) is 2.43. The minimum absolute atomic E-state index is 0.169. The number of ether oxygens (including phenoxy) is 1. The monoisotopic (exact) mass is 294 g/mol. The van der Waals surface area contributed by atoms with Crippen LogP contribution in [0.2, 0.25) is 0 Å². The van der Waals surface area contributed by atoms with E-state index in [2.05, 4.69) is 26.1 Å². The number of nitrogens with zero attached hydrogens (tertiary/aromatic N) is 1. The molecule has 0 bridgehead atoms. The molecule has 0 saturated carbocycles. The molecular weight excluding hydrogens is 268 g/mol. The van der Waals surface area contributed by atoms with E-state index in [4.69, 9.17) is 4.74 Å². The third-order valence-corrected chi connectivity index (χ3v) is 3.39. The Labute approximate surface area is 126 Å². The molecule has 0 saturated heterocycles. The second-order valence-electron chi connectivity index (χ2n) is 5.74. The summed E-state index contributed by atoms with van der Waals surface area (Å²) in [6, 6.07) is 5.19. The van der Waals surface area contributed by atoms with Gasteiger partial charge in [0.15, 0.2) is 0 Å². The molecule has 1 rings (SSSR count). The largest absolute Gasteiger partial charge is 0.497 e. The Morgan fingerprint density at radius 1 is 1.38 bits per heavy atom. The number of rotatable bonds is 9. The summed E-state index contributed by atoms with van der Waals surface area (Å²) in [7, 11) is 1.58. The Bertz CT molecular complexity index is 461. The maximum atomic E-state index is 11.2. The van der Waals surface area contributed by atoms with Crippen molar-refractivity contribution in [3.05, 3.63) is 33.9 Å². The molecule has 0 aromatic heterocycles. The van der Waals surface area contributed by atoms with E-state index in [1.54, 1.807) is 19.2 Å². The summed E-state index contributed by atoms with van der Waals surface area (Å²) in [5.74, 6) is 1.21. The van der Waals surface area contributed by atoms with Gasteiger partial charge in [0.25, 0.3) is 5.69 Å². The fraction of sp³-hybridized carbons (Fsp3) is 0.625. The fourth-order valence-corrected chi connectivity index (χ4v) is 2.45. The quantitative estimate of drug-likeness (QED) is 0.558. The summed E-state index contributed by atoms with van der Waals surface area (Å²) < 4.78 is 5.19. The van der Waals surface area contributed by atoms with Gasteiger partial charge < -0.3 is 10.1 Å². The molecule has 0 aliphatic carbocycles. The highest BCUT2D eigenvalue weighted by Gasteiger charge is 2.19. The Kier molecular flexibility index (Phi) is 7.15. The topological polar surface area (TPSA) is 64.4 Å². The van der Waals surface area contributed by atoms with Gasteiger partial charge in [-0.05, 0) is 43.9 Å². The number of nitrogens with one attached hydrogen (secondary N) is 1. The second-order valence-corrected chi connectivity index (χ2v) is 5.74. The first-order chi connectivity index (χ1) is 9.97. The molecule has 0 fully saturated rings. The van der Waals surface area contributed by atoms with Crippen LogP contribution in [0.25, 0.3) is 0 Å². The maximum Gasteiger partial charge on any atom is 0.272 e. The number of nitro groups is 1. The number of hydrogen-bond donors (Lipinski definition) is 1. The van der Waals surface area contributed by atoms with Gasteiger partial charge in [-0.2, -0.15) is 0 Å². The van der Waals surface area contributed by atoms with Gasteiger partial charge >= 0.3 is 0 Å². The minimum Gasteiger partial charge on any atom is -0.497 e. The van der Waals surface area contributed by atoms with Crippen LogP contribution in [-0.4, -0.2) is 24.6 Å². The van der Waals surface area contributed by atoms with Crippen molar-refractivity contribution in [2.45, 2.75) is 46.1 Å². The van der Waals surface area contributed by atoms with Crippen molar-refractivity contribution in [2.24, 2.45) is 5.92 Å². The van der Waals surface area contributed by atoms with E-state index in [0.29, 0.717) is 18.1 Å². The van der Waals surface area contributed by atoms with Crippen LogP contribution in [0.1, 0.15) is 39.2 Å². The third kappa shape index (κ3) is 5.71. The molecule has 0 spiro atoms. The number of nitro benzene ring substituents is 1. The SMILES string of the molecule is CCCNC(Cc1cc(OC)ccc1[N+](=O)[O-])CC(C)C. The number of benzene rings is 1. The van der Waals surface area contributed by atoms with Crippen molar-refractivity contribution >= 4 is 5.69 Å². The van der Waals surface area contributed by atoms with Crippen LogP contribution in [0, 0.1) is 16.0 Å². The van der Waals surface area contributed by atoms with Crippen molar-refractivity contribution in [2.75, 3.05) is 13.7 Å². The smallest absolute Gasteiger partial charge is 0.272 e. The molecule has 118 valence electrons. The van der Waals surface area contributed by atoms with Crippen LogP contribution < -0.4 is 10.1 Å². The zero-order chi connectivity index (χ0) is 15.8. The Hall–Kier alpha value is -1.62. The van der Waals surface area contributed by atoms with E-state index in [9.17, 15) is 10.1 Å². The molecule has 0 aliphatic heterocycles. The highest BCUT2D eigenvalue weighted by molar-refractivity contribution is 5.45. The van der Waals surface area contributed by atoms with Gasteiger partial charge in [0.05, 0.1) is 12.0 Å². The van der Waals surface area contributed by atoms with Gasteiger partial charge in [-0.3, -0.25) is 10.1 Å². The van der Waals surface area contributed by atoms with Gasteiger partial charge in [-0.15, -0.1) is 0 Å². The van der Waals surface area contributed by atoms with Gasteiger partial charge in [-0.1, -0.05) is 20.8 Å². The lowest BCUT2D eigenvalue weighted by molar-refractivity contribution is -0.385. The fourth-order valence-electron chi connectivity index (χ4n) is 2.45. The lowest BCUT2D eigenvalue weighted by Gasteiger charge is -2.20. The zero-order valence-electron chi connectivity index (χ0n) is 13.4. The molecule has 0 amide bonds. The summed E-state index contributed by atoms with van der Waals surface area (Å²) >= 11 is 0. The molecular formula is C16H26N2O3. The van der Waals surface area contributed by atoms with Crippen molar-refractivity contribution < 1.29 is 9.66 Å². The molecule has 1 N–H and O–H groups in total. The number of methoxy groups -OCH3 is 1. The highest BCUT2D eigenvalue weighted by atomic mass is 16.6.